The Morgan fingerprint density at radius 3 is 3.24 bits per heavy atom. The summed E-state index contributed by atoms with van der Waals surface area (Å²) >= 11 is 3.69. The number of nitrogens with one attached hydrogen (secondary N) is 1. The number of aromatic nitrogens is 1. The first-order chi connectivity index (χ1) is 8.27. The number of hydrogen-bond donors (Lipinski definition) is 1. The predicted octanol–water partition coefficient (Wildman–Crippen LogP) is 2.34. The van der Waals surface area contributed by atoms with Crippen LogP contribution in [0.5, 0.6) is 0 Å². The molecule has 0 bridgehead atoms. The summed E-state index contributed by atoms with van der Waals surface area (Å²) in [5.74, 6) is 1.93. The van der Waals surface area contributed by atoms with Gasteiger partial charge in [-0.1, -0.05) is 0 Å². The molecule has 92 valence electrons. The molecule has 3 nitrogen and oxygen atoms in total. The molecule has 0 aliphatic carbocycles. The number of aryl methyl sites for hydroxylation is 1. The fourth-order valence-corrected chi connectivity index (χ4v) is 3.52. The van der Waals surface area contributed by atoms with Crippen molar-refractivity contribution in [1.29, 1.82) is 0 Å². The Hall–Kier alpha value is -0.610. The van der Waals surface area contributed by atoms with Gasteiger partial charge in [-0.25, -0.2) is 4.98 Å². The van der Waals surface area contributed by atoms with Crippen molar-refractivity contribution >= 4 is 21.7 Å². The van der Waals surface area contributed by atoms with Crippen molar-refractivity contribution in [3.05, 3.63) is 22.3 Å². The minimum absolute atomic E-state index is 0.634. The van der Waals surface area contributed by atoms with Crippen molar-refractivity contribution in [2.45, 2.75) is 25.8 Å². The Morgan fingerprint density at radius 1 is 1.47 bits per heavy atom. The second-order valence-electron chi connectivity index (χ2n) is 5.09. The molecule has 0 radical (unpaired) electrons. The van der Waals surface area contributed by atoms with Gasteiger partial charge in [-0.3, -0.25) is 0 Å². The zero-order valence-electron chi connectivity index (χ0n) is 10.1. The van der Waals surface area contributed by atoms with Crippen molar-refractivity contribution in [2.75, 3.05) is 24.5 Å². The van der Waals surface area contributed by atoms with Crippen molar-refractivity contribution in [2.24, 2.45) is 5.92 Å². The van der Waals surface area contributed by atoms with Gasteiger partial charge in [-0.15, -0.1) is 0 Å². The van der Waals surface area contributed by atoms with Gasteiger partial charge in [0.15, 0.2) is 0 Å². The zero-order chi connectivity index (χ0) is 11.8. The summed E-state index contributed by atoms with van der Waals surface area (Å²) in [7, 11) is 0. The summed E-state index contributed by atoms with van der Waals surface area (Å²) in [6.07, 6.45) is 4.56. The van der Waals surface area contributed by atoms with E-state index in [0.717, 1.165) is 29.3 Å². The highest BCUT2D eigenvalue weighted by molar-refractivity contribution is 9.10. The van der Waals surface area contributed by atoms with Gasteiger partial charge in [0, 0.05) is 31.9 Å². The van der Waals surface area contributed by atoms with Crippen molar-refractivity contribution < 1.29 is 0 Å². The topological polar surface area (TPSA) is 28.2 Å². The first-order valence-corrected chi connectivity index (χ1v) is 7.15. The van der Waals surface area contributed by atoms with Crippen LogP contribution in [0.15, 0.2) is 16.7 Å². The third kappa shape index (κ3) is 1.97. The van der Waals surface area contributed by atoms with Gasteiger partial charge in [0.05, 0.1) is 4.47 Å². The van der Waals surface area contributed by atoms with E-state index in [9.17, 15) is 0 Å². The van der Waals surface area contributed by atoms with Gasteiger partial charge >= 0.3 is 0 Å². The fraction of sp³-hybridized carbons (Fsp3) is 0.615. The Morgan fingerprint density at radius 2 is 2.35 bits per heavy atom. The molecule has 0 spiro atoms. The number of piperidine rings is 1. The van der Waals surface area contributed by atoms with Crippen LogP contribution in [0, 0.1) is 12.8 Å². The minimum Gasteiger partial charge on any atom is -0.351 e. The lowest BCUT2D eigenvalue weighted by Gasteiger charge is -2.38. The van der Waals surface area contributed by atoms with Crippen LogP contribution in [0.25, 0.3) is 0 Å². The minimum atomic E-state index is 0.634. The van der Waals surface area contributed by atoms with Crippen LogP contribution in [0.3, 0.4) is 0 Å². The maximum atomic E-state index is 4.57. The third-order valence-corrected chi connectivity index (χ3v) is 4.99. The lowest BCUT2D eigenvalue weighted by molar-refractivity contribution is 0.383. The van der Waals surface area contributed by atoms with E-state index in [0.29, 0.717) is 6.04 Å². The lowest BCUT2D eigenvalue weighted by Crippen LogP contribution is -2.45. The normalized spacial score (nSPS) is 28.2. The Kier molecular flexibility index (Phi) is 3.09. The van der Waals surface area contributed by atoms with E-state index in [1.54, 1.807) is 0 Å². The molecule has 4 heteroatoms. The lowest BCUT2D eigenvalue weighted by atomic mass is 9.92. The molecule has 2 unspecified atom stereocenters. The maximum absolute atomic E-state index is 4.57. The molecule has 1 aromatic rings. The van der Waals surface area contributed by atoms with Gasteiger partial charge in [0.2, 0.25) is 0 Å². The third-order valence-electron chi connectivity index (χ3n) is 4.01. The fourth-order valence-electron chi connectivity index (χ4n) is 3.06. The van der Waals surface area contributed by atoms with E-state index in [1.165, 1.54) is 24.9 Å². The van der Waals surface area contributed by atoms with Crippen LogP contribution in [0.2, 0.25) is 0 Å². The van der Waals surface area contributed by atoms with E-state index in [1.807, 2.05) is 6.20 Å². The summed E-state index contributed by atoms with van der Waals surface area (Å²) in [5.41, 5.74) is 1.27. The van der Waals surface area contributed by atoms with Crippen LogP contribution in [-0.4, -0.2) is 30.7 Å². The number of hydrogen-bond acceptors (Lipinski definition) is 3. The van der Waals surface area contributed by atoms with Crippen molar-refractivity contribution in [1.82, 2.24) is 10.3 Å². The van der Waals surface area contributed by atoms with Gasteiger partial charge in [-0.05, 0) is 53.2 Å². The smallest absolute Gasteiger partial charge is 0.143 e. The van der Waals surface area contributed by atoms with Crippen LogP contribution in [0.1, 0.15) is 18.4 Å². The Bertz CT molecular complexity index is 421. The number of nitrogens with zero attached hydrogens (tertiary/aromatic N) is 2. The summed E-state index contributed by atoms with van der Waals surface area (Å²) in [5, 5.41) is 3.51. The largest absolute Gasteiger partial charge is 0.351 e. The Labute approximate surface area is 111 Å². The predicted molar refractivity (Wildman–Crippen MR) is 73.4 cm³/mol. The number of halogens is 1. The van der Waals surface area contributed by atoms with Crippen molar-refractivity contribution in [3.8, 4) is 0 Å². The summed E-state index contributed by atoms with van der Waals surface area (Å²) in [6.45, 7) is 5.54. The second kappa shape index (κ2) is 4.58. The first kappa shape index (κ1) is 11.5. The average molecular weight is 296 g/mol. The molecule has 2 saturated heterocycles. The molecule has 2 atom stereocenters. The quantitative estimate of drug-likeness (QED) is 0.862. The van der Waals surface area contributed by atoms with E-state index in [4.69, 9.17) is 0 Å². The van der Waals surface area contributed by atoms with E-state index in [-0.39, 0.29) is 0 Å². The molecule has 17 heavy (non-hydrogen) atoms. The molecule has 0 saturated carbocycles. The standard InChI is InChI=1S/C13H18BrN3/c1-9-4-5-16-13(12(9)14)17-6-2-3-10-7-15-8-11(10)17/h4-5,10-11,15H,2-3,6-8H2,1H3. The summed E-state index contributed by atoms with van der Waals surface area (Å²) < 4.78 is 1.16. The summed E-state index contributed by atoms with van der Waals surface area (Å²) in [6, 6.07) is 2.69. The van der Waals surface area contributed by atoms with Crippen LogP contribution >= 0.6 is 15.9 Å². The van der Waals surface area contributed by atoms with Gasteiger partial charge in [-0.2, -0.15) is 0 Å². The van der Waals surface area contributed by atoms with Gasteiger partial charge in [0.25, 0.3) is 0 Å². The number of anilines is 1. The molecule has 0 aromatic carbocycles. The highest BCUT2D eigenvalue weighted by Gasteiger charge is 2.36. The molecular formula is C13H18BrN3. The molecule has 2 fully saturated rings. The monoisotopic (exact) mass is 295 g/mol. The highest BCUT2D eigenvalue weighted by Crippen LogP contribution is 2.34. The molecule has 1 aromatic heterocycles. The van der Waals surface area contributed by atoms with Gasteiger partial charge in [0.1, 0.15) is 5.82 Å². The molecule has 3 heterocycles. The highest BCUT2D eigenvalue weighted by atomic mass is 79.9. The van der Waals surface area contributed by atoms with E-state index >= 15 is 0 Å². The summed E-state index contributed by atoms with van der Waals surface area (Å²) in [4.78, 5) is 7.07. The molecular weight excluding hydrogens is 278 g/mol. The van der Waals surface area contributed by atoms with Crippen LogP contribution < -0.4 is 10.2 Å². The van der Waals surface area contributed by atoms with Crippen molar-refractivity contribution in [3.63, 3.8) is 0 Å². The number of pyridine rings is 1. The zero-order valence-corrected chi connectivity index (χ0v) is 11.7. The SMILES string of the molecule is Cc1ccnc(N2CCCC3CNCC32)c1Br. The molecule has 1 N–H and O–H groups in total. The molecule has 0 amide bonds. The molecule has 2 aliphatic rings. The molecule has 2 aliphatic heterocycles. The maximum Gasteiger partial charge on any atom is 0.143 e. The van der Waals surface area contributed by atoms with E-state index in [2.05, 4.69) is 44.1 Å². The van der Waals surface area contributed by atoms with Gasteiger partial charge < -0.3 is 10.2 Å². The first-order valence-electron chi connectivity index (χ1n) is 6.36. The van der Waals surface area contributed by atoms with E-state index < -0.39 is 0 Å². The Balaban J connectivity index is 1.94. The second-order valence-corrected chi connectivity index (χ2v) is 5.88. The average Bonchev–Trinajstić information content (AvgIpc) is 2.81. The van der Waals surface area contributed by atoms with Crippen LogP contribution in [-0.2, 0) is 0 Å². The van der Waals surface area contributed by atoms with Crippen LogP contribution in [0.4, 0.5) is 5.82 Å². The number of fused-ring (bicyclic) bond motifs is 1. The molecule has 3 rings (SSSR count). The number of rotatable bonds is 1.